The lowest BCUT2D eigenvalue weighted by Gasteiger charge is -2.39. The molecule has 92 valence electrons. The van der Waals surface area contributed by atoms with Crippen LogP contribution < -0.4 is 5.32 Å². The molecule has 3 rings (SSSR count). The van der Waals surface area contributed by atoms with E-state index in [0.717, 1.165) is 13.1 Å². The third kappa shape index (κ3) is 2.24. The van der Waals surface area contributed by atoms with Gasteiger partial charge in [0, 0.05) is 13.1 Å². The zero-order valence-corrected chi connectivity index (χ0v) is 10.5. The van der Waals surface area contributed by atoms with Crippen molar-refractivity contribution < 1.29 is 4.74 Å². The first-order valence-corrected chi connectivity index (χ1v) is 6.73. The van der Waals surface area contributed by atoms with Crippen LogP contribution in [0.5, 0.6) is 0 Å². The smallest absolute Gasteiger partial charge is 0.0957 e. The second-order valence-electron chi connectivity index (χ2n) is 5.54. The van der Waals surface area contributed by atoms with Crippen LogP contribution in [0.1, 0.15) is 42.9 Å². The molecule has 0 amide bonds. The van der Waals surface area contributed by atoms with Gasteiger partial charge < -0.3 is 10.1 Å². The SMILES string of the molecule is Cc1cccc(C2CNCC3(CCCC3)O2)c1. The highest BCUT2D eigenvalue weighted by Crippen LogP contribution is 2.39. The monoisotopic (exact) mass is 231 g/mol. The predicted molar refractivity (Wildman–Crippen MR) is 69.1 cm³/mol. The first kappa shape index (κ1) is 11.2. The lowest BCUT2D eigenvalue weighted by molar-refractivity contribution is -0.114. The van der Waals surface area contributed by atoms with E-state index in [2.05, 4.69) is 36.5 Å². The summed E-state index contributed by atoms with van der Waals surface area (Å²) in [6, 6.07) is 8.71. The second-order valence-corrected chi connectivity index (χ2v) is 5.54. The van der Waals surface area contributed by atoms with E-state index in [4.69, 9.17) is 4.74 Å². The Morgan fingerprint density at radius 3 is 2.88 bits per heavy atom. The fraction of sp³-hybridized carbons (Fsp3) is 0.600. The van der Waals surface area contributed by atoms with Gasteiger partial charge in [0.25, 0.3) is 0 Å². The maximum absolute atomic E-state index is 6.41. The maximum Gasteiger partial charge on any atom is 0.0957 e. The van der Waals surface area contributed by atoms with E-state index >= 15 is 0 Å². The number of hydrogen-bond acceptors (Lipinski definition) is 2. The van der Waals surface area contributed by atoms with Crippen LogP contribution in [-0.2, 0) is 4.74 Å². The molecule has 1 saturated carbocycles. The largest absolute Gasteiger partial charge is 0.364 e. The fourth-order valence-corrected chi connectivity index (χ4v) is 3.19. The highest BCUT2D eigenvalue weighted by Gasteiger charge is 2.39. The molecule has 1 saturated heterocycles. The number of ether oxygens (including phenoxy) is 1. The predicted octanol–water partition coefficient (Wildman–Crippen LogP) is 2.97. The van der Waals surface area contributed by atoms with Gasteiger partial charge in [0.05, 0.1) is 11.7 Å². The Morgan fingerprint density at radius 2 is 2.12 bits per heavy atom. The van der Waals surface area contributed by atoms with Gasteiger partial charge in [0.1, 0.15) is 0 Å². The van der Waals surface area contributed by atoms with Crippen molar-refractivity contribution in [1.29, 1.82) is 0 Å². The lowest BCUT2D eigenvalue weighted by atomic mass is 9.97. The van der Waals surface area contributed by atoms with Crippen LogP contribution in [-0.4, -0.2) is 18.7 Å². The van der Waals surface area contributed by atoms with E-state index in [1.165, 1.54) is 36.8 Å². The Morgan fingerprint density at radius 1 is 1.29 bits per heavy atom. The molecule has 1 spiro atoms. The number of aryl methyl sites for hydroxylation is 1. The van der Waals surface area contributed by atoms with Crippen molar-refractivity contribution in [3.8, 4) is 0 Å². The van der Waals surface area contributed by atoms with E-state index in [-0.39, 0.29) is 11.7 Å². The fourth-order valence-electron chi connectivity index (χ4n) is 3.19. The zero-order chi connectivity index (χ0) is 11.7. The Balaban J connectivity index is 1.79. The first-order valence-electron chi connectivity index (χ1n) is 6.73. The molecule has 1 aromatic rings. The molecule has 0 bridgehead atoms. The summed E-state index contributed by atoms with van der Waals surface area (Å²) in [4.78, 5) is 0. The minimum absolute atomic E-state index is 0.132. The van der Waals surface area contributed by atoms with Crippen molar-refractivity contribution in [2.24, 2.45) is 0 Å². The normalized spacial score (nSPS) is 27.5. The van der Waals surface area contributed by atoms with E-state index in [0.29, 0.717) is 0 Å². The Labute approximate surface area is 103 Å². The van der Waals surface area contributed by atoms with Crippen LogP contribution in [0.25, 0.3) is 0 Å². The molecule has 2 aliphatic rings. The summed E-state index contributed by atoms with van der Waals surface area (Å²) in [5, 5.41) is 3.56. The van der Waals surface area contributed by atoms with Gasteiger partial charge in [-0.3, -0.25) is 0 Å². The van der Waals surface area contributed by atoms with E-state index < -0.39 is 0 Å². The van der Waals surface area contributed by atoms with Crippen molar-refractivity contribution in [1.82, 2.24) is 5.32 Å². The molecule has 1 aliphatic heterocycles. The summed E-state index contributed by atoms with van der Waals surface area (Å²) in [5.41, 5.74) is 2.77. The van der Waals surface area contributed by atoms with Gasteiger partial charge in [0.2, 0.25) is 0 Å². The van der Waals surface area contributed by atoms with Crippen LogP contribution in [0.15, 0.2) is 24.3 Å². The molecule has 2 fully saturated rings. The maximum atomic E-state index is 6.41. The molecule has 1 N–H and O–H groups in total. The Kier molecular flexibility index (Phi) is 2.93. The Hall–Kier alpha value is -0.860. The molecule has 1 heterocycles. The molecule has 1 atom stereocenters. The van der Waals surface area contributed by atoms with Crippen LogP contribution >= 0.6 is 0 Å². The topological polar surface area (TPSA) is 21.3 Å². The van der Waals surface area contributed by atoms with Crippen LogP contribution in [0.3, 0.4) is 0 Å². The van der Waals surface area contributed by atoms with Gasteiger partial charge in [-0.25, -0.2) is 0 Å². The number of nitrogens with one attached hydrogen (secondary N) is 1. The van der Waals surface area contributed by atoms with Crippen molar-refractivity contribution in [2.75, 3.05) is 13.1 Å². The molecular weight excluding hydrogens is 210 g/mol. The van der Waals surface area contributed by atoms with Crippen LogP contribution in [0, 0.1) is 6.92 Å². The molecule has 0 radical (unpaired) electrons. The second kappa shape index (κ2) is 4.43. The number of benzene rings is 1. The highest BCUT2D eigenvalue weighted by atomic mass is 16.5. The first-order chi connectivity index (χ1) is 8.27. The van der Waals surface area contributed by atoms with Gasteiger partial charge in [-0.15, -0.1) is 0 Å². The number of rotatable bonds is 1. The lowest BCUT2D eigenvalue weighted by Crippen LogP contribution is -2.49. The van der Waals surface area contributed by atoms with Gasteiger partial charge in [0.15, 0.2) is 0 Å². The summed E-state index contributed by atoms with van der Waals surface area (Å²) in [6.07, 6.45) is 5.33. The standard InChI is InChI=1S/C15H21NO/c1-12-5-4-6-13(9-12)14-10-16-11-15(17-14)7-2-3-8-15/h4-6,9,14,16H,2-3,7-8,10-11H2,1H3. The molecule has 0 aromatic heterocycles. The summed E-state index contributed by atoms with van der Waals surface area (Å²) >= 11 is 0. The van der Waals surface area contributed by atoms with E-state index in [9.17, 15) is 0 Å². The van der Waals surface area contributed by atoms with Crippen molar-refractivity contribution >= 4 is 0 Å². The van der Waals surface area contributed by atoms with E-state index in [1.54, 1.807) is 0 Å². The molecular formula is C15H21NO. The summed E-state index contributed by atoms with van der Waals surface area (Å²) < 4.78 is 6.41. The van der Waals surface area contributed by atoms with Crippen LogP contribution in [0.2, 0.25) is 0 Å². The van der Waals surface area contributed by atoms with Gasteiger partial charge in [-0.1, -0.05) is 42.7 Å². The summed E-state index contributed by atoms with van der Waals surface area (Å²) in [7, 11) is 0. The number of hydrogen-bond donors (Lipinski definition) is 1. The highest BCUT2D eigenvalue weighted by molar-refractivity contribution is 5.25. The third-order valence-corrected chi connectivity index (χ3v) is 4.10. The van der Waals surface area contributed by atoms with Crippen LogP contribution in [0.4, 0.5) is 0 Å². The van der Waals surface area contributed by atoms with E-state index in [1.807, 2.05) is 0 Å². The average Bonchev–Trinajstić information content (AvgIpc) is 2.77. The molecule has 1 unspecified atom stereocenters. The minimum atomic E-state index is 0.132. The third-order valence-electron chi connectivity index (χ3n) is 4.10. The number of morpholine rings is 1. The minimum Gasteiger partial charge on any atom is -0.364 e. The summed E-state index contributed by atoms with van der Waals surface area (Å²) in [6.45, 7) is 4.13. The van der Waals surface area contributed by atoms with Gasteiger partial charge in [-0.05, 0) is 25.3 Å². The van der Waals surface area contributed by atoms with Crippen molar-refractivity contribution in [2.45, 2.75) is 44.3 Å². The van der Waals surface area contributed by atoms with Gasteiger partial charge >= 0.3 is 0 Å². The summed E-state index contributed by atoms with van der Waals surface area (Å²) in [5.74, 6) is 0. The molecule has 2 heteroatoms. The van der Waals surface area contributed by atoms with Crippen molar-refractivity contribution in [3.63, 3.8) is 0 Å². The molecule has 17 heavy (non-hydrogen) atoms. The average molecular weight is 231 g/mol. The quantitative estimate of drug-likeness (QED) is 0.802. The molecule has 1 aromatic carbocycles. The zero-order valence-electron chi connectivity index (χ0n) is 10.5. The Bertz CT molecular complexity index is 396. The van der Waals surface area contributed by atoms with Gasteiger partial charge in [-0.2, -0.15) is 0 Å². The molecule has 2 nitrogen and oxygen atoms in total. The van der Waals surface area contributed by atoms with Crippen molar-refractivity contribution in [3.05, 3.63) is 35.4 Å². The molecule has 1 aliphatic carbocycles.